The molecule has 0 amide bonds. The number of nitrogens with zero attached hydrogens (tertiary/aromatic N) is 1. The van der Waals surface area contributed by atoms with Crippen molar-refractivity contribution in [2.24, 2.45) is 0 Å². The van der Waals surface area contributed by atoms with Crippen LogP contribution in [0.15, 0.2) is 0 Å². The Kier molecular flexibility index (Phi) is 10.5. The number of likely N-dealkylation sites (tertiary alicyclic amines) is 1. The highest BCUT2D eigenvalue weighted by Crippen LogP contribution is 2.09. The number of piperidine rings is 1. The molecule has 1 saturated heterocycles. The molecule has 3 heteroatoms. The molecule has 1 fully saturated rings. The van der Waals surface area contributed by atoms with Gasteiger partial charge in [0, 0.05) is 6.42 Å². The minimum atomic E-state index is -0.0514. The SMILES string of the molecule is CC.CCOC(=O)CCCN1CCCCC1. The summed E-state index contributed by atoms with van der Waals surface area (Å²) in [6.45, 7) is 9.83. The topological polar surface area (TPSA) is 29.5 Å². The van der Waals surface area contributed by atoms with Gasteiger partial charge in [0.2, 0.25) is 0 Å². The lowest BCUT2D eigenvalue weighted by Crippen LogP contribution is -2.30. The zero-order valence-corrected chi connectivity index (χ0v) is 11.1. The summed E-state index contributed by atoms with van der Waals surface area (Å²) in [5.74, 6) is -0.0514. The molecule has 3 nitrogen and oxygen atoms in total. The molecular weight excluding hydrogens is 202 g/mol. The van der Waals surface area contributed by atoms with Crippen LogP contribution in [0.2, 0.25) is 0 Å². The van der Waals surface area contributed by atoms with E-state index in [1.54, 1.807) is 0 Å². The second-order valence-corrected chi connectivity index (χ2v) is 3.81. The van der Waals surface area contributed by atoms with Crippen LogP contribution in [0.5, 0.6) is 0 Å². The van der Waals surface area contributed by atoms with Crippen LogP contribution in [0.1, 0.15) is 52.9 Å². The molecule has 16 heavy (non-hydrogen) atoms. The van der Waals surface area contributed by atoms with Gasteiger partial charge in [-0.15, -0.1) is 0 Å². The summed E-state index contributed by atoms with van der Waals surface area (Å²) in [7, 11) is 0. The second kappa shape index (κ2) is 10.9. The number of ether oxygens (including phenoxy) is 1. The zero-order valence-electron chi connectivity index (χ0n) is 11.1. The van der Waals surface area contributed by atoms with Gasteiger partial charge in [0.05, 0.1) is 6.61 Å². The van der Waals surface area contributed by atoms with E-state index in [4.69, 9.17) is 4.74 Å². The smallest absolute Gasteiger partial charge is 0.305 e. The van der Waals surface area contributed by atoms with E-state index < -0.39 is 0 Å². The Hall–Kier alpha value is -0.570. The average molecular weight is 229 g/mol. The van der Waals surface area contributed by atoms with Crippen molar-refractivity contribution in [2.45, 2.75) is 52.9 Å². The van der Waals surface area contributed by atoms with E-state index in [0.717, 1.165) is 13.0 Å². The van der Waals surface area contributed by atoms with Crippen molar-refractivity contribution in [2.75, 3.05) is 26.2 Å². The van der Waals surface area contributed by atoms with Crippen LogP contribution in [0, 0.1) is 0 Å². The normalized spacial score (nSPS) is 16.2. The van der Waals surface area contributed by atoms with Gasteiger partial charge in [0.15, 0.2) is 0 Å². The van der Waals surface area contributed by atoms with Crippen LogP contribution < -0.4 is 0 Å². The first kappa shape index (κ1) is 15.4. The van der Waals surface area contributed by atoms with Crippen molar-refractivity contribution in [3.8, 4) is 0 Å². The minimum Gasteiger partial charge on any atom is -0.466 e. The van der Waals surface area contributed by atoms with Gasteiger partial charge in [-0.25, -0.2) is 0 Å². The Morgan fingerprint density at radius 2 is 1.81 bits per heavy atom. The van der Waals surface area contributed by atoms with Gasteiger partial charge < -0.3 is 9.64 Å². The van der Waals surface area contributed by atoms with Crippen LogP contribution in [0.3, 0.4) is 0 Å². The third kappa shape index (κ3) is 7.69. The largest absolute Gasteiger partial charge is 0.466 e. The monoisotopic (exact) mass is 229 g/mol. The van der Waals surface area contributed by atoms with E-state index in [1.165, 1.54) is 32.4 Å². The summed E-state index contributed by atoms with van der Waals surface area (Å²) in [5, 5.41) is 0. The maximum Gasteiger partial charge on any atom is 0.305 e. The molecule has 0 aliphatic carbocycles. The summed E-state index contributed by atoms with van der Waals surface area (Å²) in [6, 6.07) is 0. The second-order valence-electron chi connectivity index (χ2n) is 3.81. The third-order valence-corrected chi connectivity index (χ3v) is 2.61. The van der Waals surface area contributed by atoms with Gasteiger partial charge in [-0.3, -0.25) is 4.79 Å². The van der Waals surface area contributed by atoms with Gasteiger partial charge in [0.1, 0.15) is 0 Å². The molecular formula is C13H27NO2. The Morgan fingerprint density at radius 1 is 1.19 bits per heavy atom. The molecule has 0 atom stereocenters. The molecule has 1 aliphatic rings. The molecule has 0 bridgehead atoms. The predicted octanol–water partition coefficient (Wildman–Crippen LogP) is 2.84. The Balaban J connectivity index is 0.00000106. The van der Waals surface area contributed by atoms with Crippen LogP contribution in [-0.4, -0.2) is 37.1 Å². The lowest BCUT2D eigenvalue weighted by Gasteiger charge is -2.26. The molecule has 0 aromatic carbocycles. The van der Waals surface area contributed by atoms with E-state index in [2.05, 4.69) is 4.90 Å². The van der Waals surface area contributed by atoms with Crippen molar-refractivity contribution in [1.29, 1.82) is 0 Å². The van der Waals surface area contributed by atoms with Crippen molar-refractivity contribution >= 4 is 5.97 Å². The van der Waals surface area contributed by atoms with Gasteiger partial charge in [-0.2, -0.15) is 0 Å². The molecule has 0 radical (unpaired) electrons. The van der Waals surface area contributed by atoms with E-state index in [1.807, 2.05) is 20.8 Å². The Morgan fingerprint density at radius 3 is 2.38 bits per heavy atom. The summed E-state index contributed by atoms with van der Waals surface area (Å²) >= 11 is 0. The molecule has 1 heterocycles. The molecule has 0 aromatic heterocycles. The van der Waals surface area contributed by atoms with Gasteiger partial charge in [-0.05, 0) is 45.8 Å². The van der Waals surface area contributed by atoms with Crippen LogP contribution in [0.25, 0.3) is 0 Å². The maximum atomic E-state index is 11.0. The molecule has 0 saturated carbocycles. The van der Waals surface area contributed by atoms with Crippen molar-refractivity contribution in [3.63, 3.8) is 0 Å². The van der Waals surface area contributed by atoms with Gasteiger partial charge >= 0.3 is 5.97 Å². The fraction of sp³-hybridized carbons (Fsp3) is 0.923. The highest BCUT2D eigenvalue weighted by molar-refractivity contribution is 5.69. The van der Waals surface area contributed by atoms with Gasteiger partial charge in [0.25, 0.3) is 0 Å². The lowest BCUT2D eigenvalue weighted by molar-refractivity contribution is -0.143. The highest BCUT2D eigenvalue weighted by atomic mass is 16.5. The first-order chi connectivity index (χ1) is 7.83. The standard InChI is InChI=1S/C11H21NO2.C2H6/c1-2-14-11(13)7-6-10-12-8-4-3-5-9-12;1-2/h2-10H2,1H3;1-2H3. The Bertz CT molecular complexity index is 165. The van der Waals surface area contributed by atoms with E-state index in [-0.39, 0.29) is 5.97 Å². The van der Waals surface area contributed by atoms with E-state index in [0.29, 0.717) is 13.0 Å². The van der Waals surface area contributed by atoms with Crippen molar-refractivity contribution in [1.82, 2.24) is 4.90 Å². The van der Waals surface area contributed by atoms with Crippen LogP contribution in [0.4, 0.5) is 0 Å². The average Bonchev–Trinajstić information content (AvgIpc) is 2.33. The number of hydrogen-bond acceptors (Lipinski definition) is 3. The lowest BCUT2D eigenvalue weighted by atomic mass is 10.1. The molecule has 1 aliphatic heterocycles. The van der Waals surface area contributed by atoms with E-state index >= 15 is 0 Å². The van der Waals surface area contributed by atoms with Crippen molar-refractivity contribution < 1.29 is 9.53 Å². The fourth-order valence-electron chi connectivity index (χ4n) is 1.86. The number of carbonyl (C=O) groups excluding carboxylic acids is 1. The minimum absolute atomic E-state index is 0.0514. The first-order valence-electron chi connectivity index (χ1n) is 6.71. The number of esters is 1. The molecule has 1 rings (SSSR count). The Labute approximate surface area is 100 Å². The summed E-state index contributed by atoms with van der Waals surface area (Å²) in [4.78, 5) is 13.5. The quantitative estimate of drug-likeness (QED) is 0.679. The maximum absolute atomic E-state index is 11.0. The van der Waals surface area contributed by atoms with E-state index in [9.17, 15) is 4.79 Å². The fourth-order valence-corrected chi connectivity index (χ4v) is 1.86. The third-order valence-electron chi connectivity index (χ3n) is 2.61. The molecule has 0 unspecified atom stereocenters. The summed E-state index contributed by atoms with van der Waals surface area (Å²) in [6.07, 6.45) is 5.52. The first-order valence-corrected chi connectivity index (χ1v) is 6.71. The summed E-state index contributed by atoms with van der Waals surface area (Å²) in [5.41, 5.74) is 0. The predicted molar refractivity (Wildman–Crippen MR) is 67.5 cm³/mol. The molecule has 96 valence electrons. The number of carbonyl (C=O) groups is 1. The van der Waals surface area contributed by atoms with Crippen LogP contribution >= 0.6 is 0 Å². The summed E-state index contributed by atoms with van der Waals surface area (Å²) < 4.78 is 4.87. The van der Waals surface area contributed by atoms with Crippen LogP contribution in [-0.2, 0) is 9.53 Å². The van der Waals surface area contributed by atoms with Gasteiger partial charge in [-0.1, -0.05) is 20.3 Å². The van der Waals surface area contributed by atoms with Crippen molar-refractivity contribution in [3.05, 3.63) is 0 Å². The molecule has 0 aromatic rings. The number of hydrogen-bond donors (Lipinski definition) is 0. The number of rotatable bonds is 5. The molecule has 0 spiro atoms. The highest BCUT2D eigenvalue weighted by Gasteiger charge is 2.10. The molecule has 0 N–H and O–H groups in total. The zero-order chi connectivity index (χ0) is 12.2.